The number of amides is 2. The number of carbonyl (C=O) groups is 2. The second-order valence-corrected chi connectivity index (χ2v) is 11.3. The Balaban J connectivity index is 0.000000211. The molecule has 2 heterocycles. The largest absolute Gasteiger partial charge is 0.399 e. The van der Waals surface area contributed by atoms with E-state index in [1.165, 1.54) is 59.7 Å². The molecule has 0 aliphatic heterocycles. The van der Waals surface area contributed by atoms with E-state index < -0.39 is 31.9 Å². The van der Waals surface area contributed by atoms with E-state index in [2.05, 4.69) is 9.97 Å². The van der Waals surface area contributed by atoms with Crippen molar-refractivity contribution in [3.63, 3.8) is 0 Å². The van der Waals surface area contributed by atoms with Crippen molar-refractivity contribution < 1.29 is 26.4 Å². The van der Waals surface area contributed by atoms with Gasteiger partial charge in [0.25, 0.3) is 20.0 Å². The number of benzene rings is 2. The smallest absolute Gasteiger partial charge is 0.264 e. The summed E-state index contributed by atoms with van der Waals surface area (Å²) in [7, 11) is -7.46. The maximum Gasteiger partial charge on any atom is 0.264 e. The van der Waals surface area contributed by atoms with E-state index in [0.29, 0.717) is 11.4 Å². The molecule has 4 aromatic rings. The molecule has 0 atom stereocenters. The molecule has 0 saturated heterocycles. The van der Waals surface area contributed by atoms with Crippen molar-refractivity contribution in [2.75, 3.05) is 11.5 Å². The van der Waals surface area contributed by atoms with Crippen LogP contribution in [0.2, 0.25) is 0 Å². The Morgan fingerprint density at radius 1 is 0.550 bits per heavy atom. The van der Waals surface area contributed by atoms with E-state index in [1.807, 2.05) is 33.7 Å². The number of aromatic nitrogens is 2. The third-order valence-electron chi connectivity index (χ3n) is 4.63. The van der Waals surface area contributed by atoms with Gasteiger partial charge in [-0.1, -0.05) is 0 Å². The number of nitrogens with one attached hydrogen (secondary N) is 2. The van der Waals surface area contributed by atoms with Gasteiger partial charge >= 0.3 is 0 Å². The zero-order valence-corrected chi connectivity index (χ0v) is 23.2. The molecule has 0 bridgehead atoms. The van der Waals surface area contributed by atoms with Crippen molar-refractivity contribution >= 4 is 43.2 Å². The summed E-state index contributed by atoms with van der Waals surface area (Å²) < 4.78 is 49.2. The van der Waals surface area contributed by atoms with E-state index in [1.54, 1.807) is 24.8 Å². The number of nitrogens with zero attached hydrogens (tertiary/aromatic N) is 2. The van der Waals surface area contributed by atoms with Gasteiger partial charge in [0.15, 0.2) is 0 Å². The maximum absolute atomic E-state index is 11.4. The quantitative estimate of drug-likeness (QED) is 0.252. The van der Waals surface area contributed by atoms with Gasteiger partial charge in [-0.2, -0.15) is 0 Å². The van der Waals surface area contributed by atoms with Crippen molar-refractivity contribution in [1.82, 2.24) is 19.4 Å². The fraction of sp³-hybridized carbons (Fsp3) is 0.0769. The van der Waals surface area contributed by atoms with Crippen LogP contribution < -0.4 is 20.9 Å². The molecule has 0 radical (unpaired) electrons. The van der Waals surface area contributed by atoms with Crippen LogP contribution in [0.25, 0.3) is 11.1 Å². The molecule has 2 amide bonds. The molecule has 0 aliphatic carbocycles. The van der Waals surface area contributed by atoms with E-state index in [4.69, 9.17) is 11.5 Å². The van der Waals surface area contributed by atoms with Crippen LogP contribution in [-0.2, 0) is 29.6 Å². The first-order valence-electron chi connectivity index (χ1n) is 11.4. The van der Waals surface area contributed by atoms with Crippen LogP contribution in [0.5, 0.6) is 0 Å². The minimum Gasteiger partial charge on any atom is -0.399 e. The van der Waals surface area contributed by atoms with Gasteiger partial charge in [-0.25, -0.2) is 26.3 Å². The number of rotatable bonds is 5. The topological polar surface area (TPSA) is 204 Å². The van der Waals surface area contributed by atoms with Gasteiger partial charge in [0.2, 0.25) is 11.8 Å². The molecule has 210 valence electrons. The average molecular weight is 585 g/mol. The van der Waals surface area contributed by atoms with Crippen molar-refractivity contribution in [1.29, 1.82) is 0 Å². The molecule has 2 aromatic carbocycles. The average Bonchev–Trinajstić information content (AvgIpc) is 2.90. The molecule has 14 heteroatoms. The van der Waals surface area contributed by atoms with E-state index in [-0.39, 0.29) is 9.79 Å². The molecule has 0 unspecified atom stereocenters. The van der Waals surface area contributed by atoms with Gasteiger partial charge < -0.3 is 11.5 Å². The lowest BCUT2D eigenvalue weighted by molar-refractivity contribution is -0.118. The molecule has 0 spiro atoms. The van der Waals surface area contributed by atoms with Crippen molar-refractivity contribution in [3.05, 3.63) is 97.6 Å². The summed E-state index contributed by atoms with van der Waals surface area (Å²) in [6, 6.07) is 19.1. The van der Waals surface area contributed by atoms with Crippen LogP contribution in [-0.4, -0.2) is 38.6 Å². The molecule has 12 nitrogen and oxygen atoms in total. The molecule has 4 rings (SSSR count). The standard InChI is InChI=1S/C10H8N2.2C8H10N2O3S/c1-5-11-6-2-9(1)10-3-7-12-8-4-10;2*1-6(11)10-14(12,13)8-4-2-7(9)3-5-8/h1-8H;2*2-5H,9H2,1H3,(H,10,11). The SMILES string of the molecule is CC(=O)NS(=O)(=O)c1ccc(N)cc1.CC(=O)NS(=O)(=O)c1ccc(N)cc1.c1cc(-c2ccncc2)ccn1. The Morgan fingerprint density at radius 2 is 0.825 bits per heavy atom. The molecular weight excluding hydrogens is 556 g/mol. The summed E-state index contributed by atoms with van der Waals surface area (Å²) in [5, 5.41) is 0. The van der Waals surface area contributed by atoms with Gasteiger partial charge in [0.05, 0.1) is 9.79 Å². The van der Waals surface area contributed by atoms with E-state index >= 15 is 0 Å². The number of anilines is 2. The maximum atomic E-state index is 11.4. The minimum atomic E-state index is -3.73. The Labute approximate surface area is 232 Å². The van der Waals surface area contributed by atoms with Crippen LogP contribution in [0.4, 0.5) is 11.4 Å². The van der Waals surface area contributed by atoms with Gasteiger partial charge in [-0.05, 0) is 83.9 Å². The lowest BCUT2D eigenvalue weighted by atomic mass is 10.1. The highest BCUT2D eigenvalue weighted by molar-refractivity contribution is 7.90. The molecule has 2 aromatic heterocycles. The highest BCUT2D eigenvalue weighted by Gasteiger charge is 2.15. The van der Waals surface area contributed by atoms with Gasteiger partial charge in [0.1, 0.15) is 0 Å². The van der Waals surface area contributed by atoms with Crippen molar-refractivity contribution in [3.8, 4) is 11.1 Å². The first-order valence-corrected chi connectivity index (χ1v) is 14.3. The predicted molar refractivity (Wildman–Crippen MR) is 151 cm³/mol. The highest BCUT2D eigenvalue weighted by Crippen LogP contribution is 2.16. The second-order valence-electron chi connectivity index (χ2n) is 7.93. The molecule has 0 fully saturated rings. The highest BCUT2D eigenvalue weighted by atomic mass is 32.2. The number of carbonyl (C=O) groups excluding carboxylic acids is 2. The number of sulfonamides is 2. The third kappa shape index (κ3) is 10.5. The fourth-order valence-electron chi connectivity index (χ4n) is 2.88. The Hall–Kier alpha value is -4.82. The third-order valence-corrected chi connectivity index (χ3v) is 7.53. The van der Waals surface area contributed by atoms with Gasteiger partial charge in [-0.3, -0.25) is 19.6 Å². The van der Waals surface area contributed by atoms with Crippen molar-refractivity contribution in [2.45, 2.75) is 23.6 Å². The molecular formula is C26H28N6O6S2. The normalized spacial score (nSPS) is 10.6. The van der Waals surface area contributed by atoms with Crippen LogP contribution in [0.15, 0.2) is 107 Å². The number of nitrogen functional groups attached to an aromatic ring is 2. The fourth-order valence-corrected chi connectivity index (χ4v) is 4.86. The Morgan fingerprint density at radius 3 is 1.07 bits per heavy atom. The van der Waals surface area contributed by atoms with E-state index in [9.17, 15) is 26.4 Å². The number of hydrogen-bond acceptors (Lipinski definition) is 10. The Kier molecular flexibility index (Phi) is 11.3. The number of pyridine rings is 2. The molecule has 6 N–H and O–H groups in total. The number of nitrogens with two attached hydrogens (primary N) is 2. The second kappa shape index (κ2) is 14.4. The lowest BCUT2D eigenvalue weighted by Gasteiger charge is -2.04. The van der Waals surface area contributed by atoms with Gasteiger partial charge in [-0.15, -0.1) is 0 Å². The summed E-state index contributed by atoms with van der Waals surface area (Å²) in [4.78, 5) is 29.1. The van der Waals surface area contributed by atoms with Gasteiger partial charge in [0, 0.05) is 50.0 Å². The first kappa shape index (κ1) is 31.4. The summed E-state index contributed by atoms with van der Waals surface area (Å²) in [5.41, 5.74) is 14.1. The summed E-state index contributed by atoms with van der Waals surface area (Å²) >= 11 is 0. The minimum absolute atomic E-state index is 0.0156. The lowest BCUT2D eigenvalue weighted by Crippen LogP contribution is -2.28. The monoisotopic (exact) mass is 584 g/mol. The molecule has 0 aliphatic rings. The van der Waals surface area contributed by atoms with Crippen LogP contribution in [0.3, 0.4) is 0 Å². The van der Waals surface area contributed by atoms with Crippen molar-refractivity contribution in [2.24, 2.45) is 0 Å². The summed E-state index contributed by atoms with van der Waals surface area (Å²) in [6.45, 7) is 2.27. The summed E-state index contributed by atoms with van der Waals surface area (Å²) in [5.74, 6) is -1.25. The van der Waals surface area contributed by atoms with Crippen LogP contribution in [0.1, 0.15) is 13.8 Å². The predicted octanol–water partition coefficient (Wildman–Crippen LogP) is 2.33. The first-order chi connectivity index (χ1) is 18.8. The van der Waals surface area contributed by atoms with E-state index in [0.717, 1.165) is 13.8 Å². The zero-order chi connectivity index (χ0) is 29.8. The Bertz CT molecular complexity index is 1490. The van der Waals surface area contributed by atoms with Crippen LogP contribution in [0, 0.1) is 0 Å². The zero-order valence-electron chi connectivity index (χ0n) is 21.6. The number of hydrogen-bond donors (Lipinski definition) is 4. The van der Waals surface area contributed by atoms with Crippen LogP contribution >= 0.6 is 0 Å². The molecule has 0 saturated carbocycles. The summed E-state index contributed by atoms with van der Waals surface area (Å²) in [6.07, 6.45) is 7.15. The molecule has 40 heavy (non-hydrogen) atoms.